The van der Waals surface area contributed by atoms with Crippen molar-refractivity contribution in [1.82, 2.24) is 0 Å². The summed E-state index contributed by atoms with van der Waals surface area (Å²) >= 11 is 0. The molecule has 0 N–H and O–H groups in total. The van der Waals surface area contributed by atoms with Crippen molar-refractivity contribution in [1.29, 1.82) is 0 Å². The van der Waals surface area contributed by atoms with Crippen LogP contribution in [0, 0.1) is 6.07 Å². The summed E-state index contributed by atoms with van der Waals surface area (Å²) in [6.07, 6.45) is 15.9. The maximum atomic E-state index is 6.05. The minimum absolute atomic E-state index is 0.388. The number of aryl methyl sites for hydroxylation is 1. The van der Waals surface area contributed by atoms with E-state index in [4.69, 9.17) is 9.47 Å². The summed E-state index contributed by atoms with van der Waals surface area (Å²) in [7, 11) is 0. The third-order valence-corrected chi connectivity index (χ3v) is 5.39. The number of rotatable bonds is 12. The van der Waals surface area contributed by atoms with E-state index in [1.165, 1.54) is 67.2 Å². The zero-order chi connectivity index (χ0) is 17.5. The van der Waals surface area contributed by atoms with Gasteiger partial charge in [0.25, 0.3) is 0 Å². The normalized spacial score (nSPS) is 18.0. The summed E-state index contributed by atoms with van der Waals surface area (Å²) in [4.78, 5) is 0. The topological polar surface area (TPSA) is 21.8 Å². The molecule has 2 aliphatic heterocycles. The van der Waals surface area contributed by atoms with Gasteiger partial charge in [-0.25, -0.2) is 0 Å². The summed E-state index contributed by atoms with van der Waals surface area (Å²) in [5.74, 6) is 1.16. The molecule has 1 radical (unpaired) electrons. The van der Waals surface area contributed by atoms with E-state index in [1.807, 2.05) is 6.08 Å². The van der Waals surface area contributed by atoms with Gasteiger partial charge >= 0.3 is 0 Å². The molecule has 1 aromatic rings. The third kappa shape index (κ3) is 5.10. The predicted octanol–water partition coefficient (Wildman–Crippen LogP) is 5.38. The van der Waals surface area contributed by atoms with Crippen LogP contribution in [0.25, 0.3) is 0 Å². The molecule has 2 heteroatoms. The van der Waals surface area contributed by atoms with Crippen LogP contribution >= 0.6 is 0 Å². The summed E-state index contributed by atoms with van der Waals surface area (Å²) in [5, 5.41) is 0. The SMILES string of the molecule is C=CCc1[c]c(CCCCCCCCC)c2c(c1CC1CO1)OCC2. The number of ether oxygens (including phenoxy) is 2. The number of unbranched alkanes of at least 4 members (excludes halogenated alkanes) is 6. The fourth-order valence-electron chi connectivity index (χ4n) is 3.90. The lowest BCUT2D eigenvalue weighted by Crippen LogP contribution is -2.05. The lowest BCUT2D eigenvalue weighted by Gasteiger charge is -2.16. The van der Waals surface area contributed by atoms with Crippen molar-refractivity contribution < 1.29 is 9.47 Å². The highest BCUT2D eigenvalue weighted by atomic mass is 16.6. The first-order valence-corrected chi connectivity index (χ1v) is 10.3. The first kappa shape index (κ1) is 18.5. The highest BCUT2D eigenvalue weighted by molar-refractivity contribution is 5.53. The Labute approximate surface area is 153 Å². The molecular weight excluding hydrogens is 308 g/mol. The molecule has 0 saturated carbocycles. The number of hydrogen-bond donors (Lipinski definition) is 0. The fraction of sp³-hybridized carbons (Fsp3) is 0.652. The van der Waals surface area contributed by atoms with Crippen molar-refractivity contribution in [3.8, 4) is 5.75 Å². The maximum Gasteiger partial charge on any atom is 0.126 e. The van der Waals surface area contributed by atoms with Crippen LogP contribution in [0.5, 0.6) is 5.75 Å². The molecule has 137 valence electrons. The molecule has 1 unspecified atom stereocenters. The van der Waals surface area contributed by atoms with E-state index < -0.39 is 0 Å². The smallest absolute Gasteiger partial charge is 0.126 e. The van der Waals surface area contributed by atoms with Gasteiger partial charge in [-0.15, -0.1) is 6.58 Å². The zero-order valence-electron chi connectivity index (χ0n) is 15.9. The predicted molar refractivity (Wildman–Crippen MR) is 104 cm³/mol. The monoisotopic (exact) mass is 341 g/mol. The first-order chi connectivity index (χ1) is 12.3. The number of benzene rings is 1. The Morgan fingerprint density at radius 1 is 1.12 bits per heavy atom. The Morgan fingerprint density at radius 2 is 1.88 bits per heavy atom. The Balaban J connectivity index is 1.63. The standard InChI is InChI=1S/C23H33O2/c1-3-5-6-7-8-9-10-12-19-15-18(11-4-2)22(16-20-17-25-20)23-21(19)13-14-24-23/h4,20H,2-3,5-14,16-17H2,1H3. The van der Waals surface area contributed by atoms with E-state index in [0.29, 0.717) is 6.10 Å². The van der Waals surface area contributed by atoms with Crippen LogP contribution in [0.15, 0.2) is 12.7 Å². The molecule has 25 heavy (non-hydrogen) atoms. The molecule has 0 amide bonds. The number of fused-ring (bicyclic) bond motifs is 1. The quantitative estimate of drug-likeness (QED) is 0.289. The van der Waals surface area contributed by atoms with Crippen molar-refractivity contribution >= 4 is 0 Å². The largest absolute Gasteiger partial charge is 0.493 e. The molecule has 1 saturated heterocycles. The Hall–Kier alpha value is -1.28. The van der Waals surface area contributed by atoms with Crippen molar-refractivity contribution in [2.24, 2.45) is 0 Å². The highest BCUT2D eigenvalue weighted by Gasteiger charge is 2.29. The Bertz CT molecular complexity index is 572. The van der Waals surface area contributed by atoms with Gasteiger partial charge in [-0.2, -0.15) is 0 Å². The van der Waals surface area contributed by atoms with Gasteiger partial charge in [0, 0.05) is 24.0 Å². The minimum atomic E-state index is 0.388. The minimum Gasteiger partial charge on any atom is -0.493 e. The van der Waals surface area contributed by atoms with Crippen LogP contribution in [0.3, 0.4) is 0 Å². The van der Waals surface area contributed by atoms with E-state index in [2.05, 4.69) is 19.6 Å². The molecule has 0 spiro atoms. The molecule has 0 aliphatic carbocycles. The van der Waals surface area contributed by atoms with Gasteiger partial charge in [-0.05, 0) is 36.5 Å². The molecule has 1 atom stereocenters. The van der Waals surface area contributed by atoms with E-state index >= 15 is 0 Å². The van der Waals surface area contributed by atoms with E-state index in [-0.39, 0.29) is 0 Å². The molecule has 0 aromatic heterocycles. The molecule has 1 fully saturated rings. The zero-order valence-corrected chi connectivity index (χ0v) is 15.9. The second kappa shape index (κ2) is 9.43. The summed E-state index contributed by atoms with van der Waals surface area (Å²) in [6.45, 7) is 7.92. The van der Waals surface area contributed by atoms with Crippen LogP contribution in [-0.2, 0) is 30.4 Å². The number of allylic oxidation sites excluding steroid dienone is 1. The Kier molecular flexibility index (Phi) is 6.98. The molecule has 3 rings (SSSR count). The Morgan fingerprint density at radius 3 is 2.60 bits per heavy atom. The van der Waals surface area contributed by atoms with E-state index in [1.54, 1.807) is 0 Å². The van der Waals surface area contributed by atoms with Gasteiger partial charge in [-0.3, -0.25) is 0 Å². The van der Waals surface area contributed by atoms with Crippen molar-refractivity contribution in [3.63, 3.8) is 0 Å². The second-order valence-corrected chi connectivity index (χ2v) is 7.49. The highest BCUT2D eigenvalue weighted by Crippen LogP contribution is 2.38. The lowest BCUT2D eigenvalue weighted by atomic mass is 9.90. The lowest BCUT2D eigenvalue weighted by molar-refractivity contribution is 0.349. The maximum absolute atomic E-state index is 6.05. The van der Waals surface area contributed by atoms with Gasteiger partial charge in [0.05, 0.1) is 19.3 Å². The molecule has 0 bridgehead atoms. The van der Waals surface area contributed by atoms with Crippen LogP contribution in [0.4, 0.5) is 0 Å². The molecule has 1 aromatic carbocycles. The molecular formula is C23H33O2. The molecule has 2 aliphatic rings. The van der Waals surface area contributed by atoms with E-state index in [0.717, 1.165) is 44.6 Å². The average molecular weight is 342 g/mol. The van der Waals surface area contributed by atoms with Crippen molar-refractivity contribution in [2.45, 2.75) is 83.7 Å². The van der Waals surface area contributed by atoms with Crippen LogP contribution in [-0.4, -0.2) is 19.3 Å². The van der Waals surface area contributed by atoms with E-state index in [9.17, 15) is 0 Å². The average Bonchev–Trinajstić information content (AvgIpc) is 3.30. The van der Waals surface area contributed by atoms with Gasteiger partial charge in [0.15, 0.2) is 0 Å². The van der Waals surface area contributed by atoms with Gasteiger partial charge in [-0.1, -0.05) is 51.5 Å². The second-order valence-electron chi connectivity index (χ2n) is 7.49. The summed E-state index contributed by atoms with van der Waals surface area (Å²) in [6, 6.07) is 3.75. The van der Waals surface area contributed by atoms with Crippen molar-refractivity contribution in [3.05, 3.63) is 41.0 Å². The van der Waals surface area contributed by atoms with Gasteiger partial charge < -0.3 is 9.47 Å². The molecule has 2 heterocycles. The van der Waals surface area contributed by atoms with Crippen LogP contribution in [0.1, 0.15) is 74.1 Å². The van der Waals surface area contributed by atoms with Crippen molar-refractivity contribution in [2.75, 3.05) is 13.2 Å². The first-order valence-electron chi connectivity index (χ1n) is 10.3. The van der Waals surface area contributed by atoms with Crippen LogP contribution < -0.4 is 4.74 Å². The summed E-state index contributed by atoms with van der Waals surface area (Å²) < 4.78 is 11.5. The number of epoxide rings is 1. The van der Waals surface area contributed by atoms with Gasteiger partial charge in [0.1, 0.15) is 5.75 Å². The summed E-state index contributed by atoms with van der Waals surface area (Å²) in [5.41, 5.74) is 5.44. The third-order valence-electron chi connectivity index (χ3n) is 5.39. The van der Waals surface area contributed by atoms with Crippen LogP contribution in [0.2, 0.25) is 0 Å². The number of hydrogen-bond acceptors (Lipinski definition) is 2. The molecule has 2 nitrogen and oxygen atoms in total. The fourth-order valence-corrected chi connectivity index (χ4v) is 3.90. The van der Waals surface area contributed by atoms with Gasteiger partial charge in [0.2, 0.25) is 0 Å².